The third-order valence-electron chi connectivity index (χ3n) is 8.04. The summed E-state index contributed by atoms with van der Waals surface area (Å²) >= 11 is 0. The highest BCUT2D eigenvalue weighted by molar-refractivity contribution is 7.92. The molecule has 0 aliphatic rings. The molecule has 0 unspecified atom stereocenters. The van der Waals surface area contributed by atoms with Crippen molar-refractivity contribution >= 4 is 27.5 Å². The molecule has 0 bridgehead atoms. The van der Waals surface area contributed by atoms with Gasteiger partial charge in [0.25, 0.3) is 11.8 Å². The van der Waals surface area contributed by atoms with E-state index in [1.165, 1.54) is 25.2 Å². The minimum Gasteiger partial charge on any atom is -0.390 e. The SMILES string of the molecule is C[C@@H](NC(=O)c1cc(C(=O)N[C@@H](Cc2ccccc2)[C@H](O)CNCc2cnn(C(C)(C)C)c2)cc(N(C)S(C)(=O)=O)c1)c1ccccc1. The van der Waals surface area contributed by atoms with Crippen LogP contribution in [-0.4, -0.2) is 67.1 Å². The van der Waals surface area contributed by atoms with Gasteiger partial charge in [-0.2, -0.15) is 5.10 Å². The fourth-order valence-electron chi connectivity index (χ4n) is 5.08. The van der Waals surface area contributed by atoms with Crippen molar-refractivity contribution in [2.24, 2.45) is 0 Å². The van der Waals surface area contributed by atoms with Gasteiger partial charge in [0.05, 0.1) is 41.9 Å². The topological polar surface area (TPSA) is 146 Å². The monoisotopic (exact) mass is 674 g/mol. The summed E-state index contributed by atoms with van der Waals surface area (Å²) in [5, 5.41) is 24.9. The Hall–Kier alpha value is -4.52. The zero-order valence-corrected chi connectivity index (χ0v) is 29.2. The van der Waals surface area contributed by atoms with E-state index < -0.39 is 34.0 Å². The summed E-state index contributed by atoms with van der Waals surface area (Å²) in [4.78, 5) is 27.3. The minimum atomic E-state index is -3.71. The Morgan fingerprint density at radius 1 is 0.917 bits per heavy atom. The van der Waals surface area contributed by atoms with E-state index in [2.05, 4.69) is 41.8 Å². The van der Waals surface area contributed by atoms with Gasteiger partial charge in [-0.3, -0.25) is 18.6 Å². The van der Waals surface area contributed by atoms with Crippen LogP contribution in [0, 0.1) is 0 Å². The maximum absolute atomic E-state index is 13.8. The van der Waals surface area contributed by atoms with Crippen LogP contribution in [-0.2, 0) is 28.5 Å². The smallest absolute Gasteiger partial charge is 0.251 e. The van der Waals surface area contributed by atoms with Gasteiger partial charge in [-0.05, 0) is 63.4 Å². The maximum atomic E-state index is 13.8. The molecule has 11 nitrogen and oxygen atoms in total. The Morgan fingerprint density at radius 2 is 1.50 bits per heavy atom. The second-order valence-electron chi connectivity index (χ2n) is 13.0. The molecule has 0 radical (unpaired) electrons. The second-order valence-corrected chi connectivity index (χ2v) is 15.1. The third-order valence-corrected chi connectivity index (χ3v) is 9.24. The number of nitrogens with one attached hydrogen (secondary N) is 3. The molecule has 2 amide bonds. The number of sulfonamides is 1. The largest absolute Gasteiger partial charge is 0.390 e. The number of carbonyl (C=O) groups excluding carboxylic acids is 2. The van der Waals surface area contributed by atoms with Crippen LogP contribution in [0.1, 0.15) is 71.1 Å². The standard InChI is InChI=1S/C36H46N6O5S/c1-25(28-15-11-8-12-16-28)39-34(44)29-18-30(20-31(19-29)41(5)48(6,46)47)35(45)40-32(17-26-13-9-7-10-14-26)33(43)23-37-21-27-22-38-42(24-27)36(2,3)4/h7-16,18-20,22,24-25,32-33,37,43H,17,21,23H2,1-6H3,(H,39,44)(H,40,45)/t25-,32+,33-/m1/s1. The first-order chi connectivity index (χ1) is 22.6. The molecule has 0 spiro atoms. The van der Waals surface area contributed by atoms with Crippen molar-refractivity contribution in [1.29, 1.82) is 0 Å². The molecule has 1 aromatic heterocycles. The normalized spacial score (nSPS) is 13.7. The summed E-state index contributed by atoms with van der Waals surface area (Å²) in [5.41, 5.74) is 2.95. The molecular weight excluding hydrogens is 629 g/mol. The molecule has 4 N–H and O–H groups in total. The summed E-state index contributed by atoms with van der Waals surface area (Å²) in [6.07, 6.45) is 4.13. The van der Waals surface area contributed by atoms with Crippen LogP contribution in [0.3, 0.4) is 0 Å². The van der Waals surface area contributed by atoms with Gasteiger partial charge in [0.15, 0.2) is 0 Å². The van der Waals surface area contributed by atoms with Gasteiger partial charge >= 0.3 is 0 Å². The molecular formula is C36H46N6O5S. The molecule has 4 aromatic rings. The van der Waals surface area contributed by atoms with E-state index in [0.717, 1.165) is 27.3 Å². The van der Waals surface area contributed by atoms with Crippen molar-refractivity contribution < 1.29 is 23.1 Å². The number of amides is 2. The predicted octanol–water partition coefficient (Wildman–Crippen LogP) is 4.02. The van der Waals surface area contributed by atoms with Gasteiger partial charge < -0.3 is 21.1 Å². The average molecular weight is 675 g/mol. The highest BCUT2D eigenvalue weighted by Crippen LogP contribution is 2.22. The zero-order chi connectivity index (χ0) is 35.1. The molecule has 256 valence electrons. The molecule has 0 aliphatic heterocycles. The highest BCUT2D eigenvalue weighted by Gasteiger charge is 2.25. The Kier molecular flexibility index (Phi) is 11.8. The van der Waals surface area contributed by atoms with E-state index in [1.54, 1.807) is 6.20 Å². The molecule has 0 saturated carbocycles. The quantitative estimate of drug-likeness (QED) is 0.158. The number of aliphatic hydroxyl groups is 1. The van der Waals surface area contributed by atoms with E-state index in [1.807, 2.05) is 78.5 Å². The van der Waals surface area contributed by atoms with Crippen molar-refractivity contribution in [3.05, 3.63) is 119 Å². The molecule has 1 heterocycles. The van der Waals surface area contributed by atoms with Gasteiger partial charge in [-0.25, -0.2) is 8.42 Å². The molecule has 0 aliphatic carbocycles. The first-order valence-corrected chi connectivity index (χ1v) is 17.7. The Morgan fingerprint density at radius 3 is 2.06 bits per heavy atom. The number of hydrogen-bond acceptors (Lipinski definition) is 7. The highest BCUT2D eigenvalue weighted by atomic mass is 32.2. The van der Waals surface area contributed by atoms with Crippen LogP contribution >= 0.6 is 0 Å². The number of aliphatic hydroxyl groups excluding tert-OH is 1. The van der Waals surface area contributed by atoms with Crippen molar-refractivity contribution in [1.82, 2.24) is 25.7 Å². The van der Waals surface area contributed by atoms with Crippen molar-refractivity contribution in [3.63, 3.8) is 0 Å². The number of nitrogens with zero attached hydrogens (tertiary/aromatic N) is 3. The van der Waals surface area contributed by atoms with Crippen LogP contribution in [0.25, 0.3) is 0 Å². The van der Waals surface area contributed by atoms with E-state index in [0.29, 0.717) is 13.0 Å². The summed E-state index contributed by atoms with van der Waals surface area (Å²) in [6, 6.07) is 22.1. The molecule has 4 rings (SSSR count). The molecule has 3 aromatic carbocycles. The van der Waals surface area contributed by atoms with Gasteiger partial charge in [0.1, 0.15) is 0 Å². The van der Waals surface area contributed by atoms with Crippen LogP contribution in [0.5, 0.6) is 0 Å². The van der Waals surface area contributed by atoms with Crippen LogP contribution < -0.4 is 20.3 Å². The minimum absolute atomic E-state index is 0.0772. The van der Waals surface area contributed by atoms with Crippen molar-refractivity contribution in [2.75, 3.05) is 24.2 Å². The number of benzene rings is 3. The summed E-state index contributed by atoms with van der Waals surface area (Å²) < 4.78 is 27.8. The Labute approximate surface area is 283 Å². The van der Waals surface area contributed by atoms with Crippen molar-refractivity contribution in [3.8, 4) is 0 Å². The fourth-order valence-corrected chi connectivity index (χ4v) is 5.57. The van der Waals surface area contributed by atoms with E-state index in [-0.39, 0.29) is 34.9 Å². The fraction of sp³-hybridized carbons (Fsp3) is 0.361. The summed E-state index contributed by atoms with van der Waals surface area (Å²) in [6.45, 7) is 8.68. The molecule has 48 heavy (non-hydrogen) atoms. The number of aromatic nitrogens is 2. The lowest BCUT2D eigenvalue weighted by Gasteiger charge is -2.25. The van der Waals surface area contributed by atoms with Crippen molar-refractivity contribution in [2.45, 2.75) is 64.4 Å². The molecule has 3 atom stereocenters. The van der Waals surface area contributed by atoms with Crippen LogP contribution in [0.15, 0.2) is 91.3 Å². The van der Waals surface area contributed by atoms with Gasteiger partial charge in [0, 0.05) is 43.0 Å². The maximum Gasteiger partial charge on any atom is 0.251 e. The third kappa shape index (κ3) is 9.99. The summed E-state index contributed by atoms with van der Waals surface area (Å²) in [5.74, 6) is -1.03. The van der Waals surface area contributed by atoms with Gasteiger partial charge in [0.2, 0.25) is 10.0 Å². The molecule has 0 saturated heterocycles. The van der Waals surface area contributed by atoms with Crippen LogP contribution in [0.2, 0.25) is 0 Å². The molecule has 12 heteroatoms. The Bertz CT molecular complexity index is 1790. The number of rotatable bonds is 14. The number of hydrogen-bond donors (Lipinski definition) is 4. The number of anilines is 1. The first kappa shape index (κ1) is 36.3. The average Bonchev–Trinajstić information content (AvgIpc) is 3.54. The lowest BCUT2D eigenvalue weighted by Crippen LogP contribution is -2.48. The van der Waals surface area contributed by atoms with E-state index in [4.69, 9.17) is 0 Å². The molecule has 0 fully saturated rings. The van der Waals surface area contributed by atoms with Gasteiger partial charge in [-0.15, -0.1) is 0 Å². The predicted molar refractivity (Wildman–Crippen MR) is 188 cm³/mol. The van der Waals surface area contributed by atoms with Gasteiger partial charge in [-0.1, -0.05) is 60.7 Å². The number of carbonyl (C=O) groups is 2. The van der Waals surface area contributed by atoms with E-state index >= 15 is 0 Å². The second kappa shape index (κ2) is 15.6. The zero-order valence-electron chi connectivity index (χ0n) is 28.3. The lowest BCUT2D eigenvalue weighted by atomic mass is 10.00. The first-order valence-electron chi connectivity index (χ1n) is 15.8. The Balaban J connectivity index is 1.56. The lowest BCUT2D eigenvalue weighted by molar-refractivity contribution is 0.0830. The summed E-state index contributed by atoms with van der Waals surface area (Å²) in [7, 11) is -2.35. The van der Waals surface area contributed by atoms with Crippen LogP contribution in [0.4, 0.5) is 5.69 Å². The van der Waals surface area contributed by atoms with E-state index in [9.17, 15) is 23.1 Å².